The minimum absolute atomic E-state index is 0.544. The molecule has 0 amide bonds. The molecule has 0 aliphatic heterocycles. The van der Waals surface area contributed by atoms with Gasteiger partial charge in [0, 0.05) is 76.5 Å². The SMILES string of the molecule is N#Cc1c(-n2c3ccccc3c3ccccc32)c(-n2c3ccccc3c3ccccc32)c(-c2cccc3sc4cnccc4c23)c(-n2c3ccccc3c3ccccc32)c1-n1c2ccccc2c2ccccc21. The molecule has 338 valence electrons. The fourth-order valence-corrected chi connectivity index (χ4v) is 13.6. The number of para-hydroxylation sites is 8. The van der Waals surface area contributed by atoms with E-state index in [2.05, 4.69) is 248 Å². The molecule has 7 heteroatoms. The van der Waals surface area contributed by atoms with Crippen LogP contribution >= 0.6 is 11.3 Å². The van der Waals surface area contributed by atoms with E-state index in [-0.39, 0.29) is 0 Å². The quantitative estimate of drug-likeness (QED) is 0.173. The first kappa shape index (κ1) is 40.0. The van der Waals surface area contributed by atoms with Crippen molar-refractivity contribution in [2.75, 3.05) is 0 Å². The molecule has 0 saturated carbocycles. The van der Waals surface area contributed by atoms with Crippen LogP contribution in [0, 0.1) is 11.3 Å². The number of rotatable bonds is 5. The van der Waals surface area contributed by atoms with Gasteiger partial charge in [-0.2, -0.15) is 5.26 Å². The lowest BCUT2D eigenvalue weighted by Crippen LogP contribution is -2.16. The van der Waals surface area contributed by atoms with Crippen LogP contribution in [0.25, 0.3) is 141 Å². The first-order valence-corrected chi connectivity index (χ1v) is 25.4. The molecule has 0 saturated heterocycles. The number of thiophene rings is 1. The van der Waals surface area contributed by atoms with Crippen molar-refractivity contribution in [3.63, 3.8) is 0 Å². The highest BCUT2D eigenvalue weighted by molar-refractivity contribution is 7.25. The first-order chi connectivity index (χ1) is 36.3. The molecule has 0 N–H and O–H groups in total. The standard InChI is InChI=1S/C66H38N6S/c67-38-50-63(69-51-27-9-1-18-40(51)41-19-2-10-28-52(41)69)65(71-55-31-13-5-22-44(55)45-23-6-14-32-56(45)71)62(49-26-17-35-59-61(49)48-36-37-68-39-60(48)73-59)66(72-57-33-15-7-24-46(57)47-25-8-16-34-58(47)72)64(50)70-53-29-11-3-20-42(53)43-21-4-12-30-54(43)70/h1-37,39H. The Kier molecular flexibility index (Phi) is 8.30. The van der Waals surface area contributed by atoms with Crippen LogP contribution in [0.5, 0.6) is 0 Å². The molecule has 16 aromatic rings. The maximum Gasteiger partial charge on any atom is 0.104 e. The van der Waals surface area contributed by atoms with Gasteiger partial charge in [0.25, 0.3) is 0 Å². The van der Waals surface area contributed by atoms with Gasteiger partial charge in [-0.1, -0.05) is 158 Å². The van der Waals surface area contributed by atoms with Crippen molar-refractivity contribution in [2.24, 2.45) is 0 Å². The number of fused-ring (bicyclic) bond motifs is 15. The van der Waals surface area contributed by atoms with Gasteiger partial charge in [-0.05, 0) is 66.2 Å². The second-order valence-corrected chi connectivity index (χ2v) is 20.0. The number of nitrogens with zero attached hydrogens (tertiary/aromatic N) is 6. The molecule has 0 unspecified atom stereocenters. The second kappa shape index (κ2) is 15.1. The molecule has 6 aromatic heterocycles. The lowest BCUT2D eigenvalue weighted by atomic mass is 9.91. The third kappa shape index (κ3) is 5.37. The molecule has 6 heterocycles. The van der Waals surface area contributed by atoms with E-state index in [0.717, 1.165) is 141 Å². The molecule has 0 spiro atoms. The van der Waals surface area contributed by atoms with Crippen LogP contribution in [0.4, 0.5) is 0 Å². The largest absolute Gasteiger partial charge is 0.306 e. The van der Waals surface area contributed by atoms with Gasteiger partial charge in [-0.3, -0.25) is 4.98 Å². The van der Waals surface area contributed by atoms with E-state index in [1.54, 1.807) is 11.3 Å². The predicted octanol–water partition coefficient (Wildman–Crippen LogP) is 17.4. The van der Waals surface area contributed by atoms with E-state index in [1.165, 1.54) is 0 Å². The van der Waals surface area contributed by atoms with Gasteiger partial charge in [0.05, 0.1) is 71.6 Å². The van der Waals surface area contributed by atoms with Gasteiger partial charge < -0.3 is 18.3 Å². The number of nitriles is 1. The number of pyridine rings is 1. The van der Waals surface area contributed by atoms with Gasteiger partial charge in [0.2, 0.25) is 0 Å². The summed E-state index contributed by atoms with van der Waals surface area (Å²) in [6, 6.07) is 81.7. The van der Waals surface area contributed by atoms with Gasteiger partial charge in [-0.15, -0.1) is 11.3 Å². The molecule has 6 nitrogen and oxygen atoms in total. The summed E-state index contributed by atoms with van der Waals surface area (Å²) in [4.78, 5) is 4.66. The second-order valence-electron chi connectivity index (χ2n) is 18.9. The fraction of sp³-hybridized carbons (Fsp3) is 0. The normalized spacial score (nSPS) is 12.1. The number of benzene rings is 10. The number of aromatic nitrogens is 5. The smallest absolute Gasteiger partial charge is 0.104 e. The van der Waals surface area contributed by atoms with Gasteiger partial charge in [-0.25, -0.2) is 0 Å². The summed E-state index contributed by atoms with van der Waals surface area (Å²) >= 11 is 1.77. The van der Waals surface area contributed by atoms with Crippen molar-refractivity contribution in [3.05, 3.63) is 236 Å². The highest BCUT2D eigenvalue weighted by Gasteiger charge is 2.35. The zero-order chi connectivity index (χ0) is 47.9. The van der Waals surface area contributed by atoms with E-state index in [4.69, 9.17) is 0 Å². The molecular weight excluding hydrogens is 909 g/mol. The van der Waals surface area contributed by atoms with Crippen molar-refractivity contribution < 1.29 is 0 Å². The zero-order valence-electron chi connectivity index (χ0n) is 39.0. The average molecular weight is 947 g/mol. The minimum Gasteiger partial charge on any atom is -0.306 e. The van der Waals surface area contributed by atoms with Crippen LogP contribution in [0.2, 0.25) is 0 Å². The van der Waals surface area contributed by atoms with E-state index in [1.807, 2.05) is 12.4 Å². The van der Waals surface area contributed by atoms with Crippen molar-refractivity contribution in [1.29, 1.82) is 5.26 Å². The molecule has 0 aliphatic carbocycles. The van der Waals surface area contributed by atoms with Crippen LogP contribution in [-0.2, 0) is 0 Å². The molecule has 16 rings (SSSR count). The van der Waals surface area contributed by atoms with Gasteiger partial charge in [0.1, 0.15) is 11.6 Å². The summed E-state index contributed by atoms with van der Waals surface area (Å²) in [5.74, 6) is 0. The summed E-state index contributed by atoms with van der Waals surface area (Å²) in [5.41, 5.74) is 14.2. The molecule has 0 bridgehead atoms. The Morgan fingerprint density at radius 3 is 1.00 bits per heavy atom. The van der Waals surface area contributed by atoms with Crippen LogP contribution < -0.4 is 0 Å². The van der Waals surface area contributed by atoms with Crippen LogP contribution in [0.15, 0.2) is 231 Å². The highest BCUT2D eigenvalue weighted by Crippen LogP contribution is 2.54. The van der Waals surface area contributed by atoms with E-state index in [0.29, 0.717) is 5.56 Å². The molecule has 0 aliphatic rings. The van der Waals surface area contributed by atoms with E-state index < -0.39 is 0 Å². The maximum absolute atomic E-state index is 12.8. The monoisotopic (exact) mass is 946 g/mol. The summed E-state index contributed by atoms with van der Waals surface area (Å²) in [5, 5.41) is 24.1. The minimum atomic E-state index is 0.544. The van der Waals surface area contributed by atoms with Crippen LogP contribution in [0.3, 0.4) is 0 Å². The van der Waals surface area contributed by atoms with E-state index >= 15 is 0 Å². The van der Waals surface area contributed by atoms with Crippen LogP contribution in [-0.4, -0.2) is 23.3 Å². The van der Waals surface area contributed by atoms with Crippen molar-refractivity contribution in [1.82, 2.24) is 23.3 Å². The summed E-state index contributed by atoms with van der Waals surface area (Å²) in [7, 11) is 0. The van der Waals surface area contributed by atoms with Crippen LogP contribution in [0.1, 0.15) is 5.56 Å². The van der Waals surface area contributed by atoms with Crippen molar-refractivity contribution >= 4 is 119 Å². The number of hydrogen-bond donors (Lipinski definition) is 0. The van der Waals surface area contributed by atoms with E-state index in [9.17, 15) is 5.26 Å². The molecule has 73 heavy (non-hydrogen) atoms. The summed E-state index contributed by atoms with van der Waals surface area (Å²) in [6.45, 7) is 0. The third-order valence-corrected chi connectivity index (χ3v) is 16.4. The Hall–Kier alpha value is -9.74. The molecule has 0 atom stereocenters. The predicted molar refractivity (Wildman–Crippen MR) is 305 cm³/mol. The Morgan fingerprint density at radius 2 is 0.658 bits per heavy atom. The highest BCUT2D eigenvalue weighted by atomic mass is 32.1. The topological polar surface area (TPSA) is 56.4 Å². The molecular formula is C66H38N6S. The Labute approximate surface area is 421 Å². The molecule has 10 aromatic carbocycles. The van der Waals surface area contributed by atoms with Crippen molar-refractivity contribution in [3.8, 4) is 39.9 Å². The summed E-state index contributed by atoms with van der Waals surface area (Å²) in [6.07, 6.45) is 3.91. The Morgan fingerprint density at radius 1 is 0.329 bits per heavy atom. The maximum atomic E-state index is 12.8. The fourth-order valence-electron chi connectivity index (χ4n) is 12.5. The first-order valence-electron chi connectivity index (χ1n) is 24.6. The van der Waals surface area contributed by atoms with Gasteiger partial charge >= 0.3 is 0 Å². The molecule has 0 radical (unpaired) electrons. The lowest BCUT2D eigenvalue weighted by molar-refractivity contribution is 1.04. The van der Waals surface area contributed by atoms with Gasteiger partial charge in [0.15, 0.2) is 0 Å². The average Bonchev–Trinajstić information content (AvgIpc) is 4.25. The summed E-state index contributed by atoms with van der Waals surface area (Å²) < 4.78 is 12.0. The Balaban J connectivity index is 1.30. The molecule has 0 fully saturated rings. The Bertz CT molecular complexity index is 4600. The third-order valence-electron chi connectivity index (χ3n) is 15.3. The lowest BCUT2D eigenvalue weighted by Gasteiger charge is -2.29. The van der Waals surface area contributed by atoms with Crippen molar-refractivity contribution in [2.45, 2.75) is 0 Å². The zero-order valence-corrected chi connectivity index (χ0v) is 39.8. The number of hydrogen-bond acceptors (Lipinski definition) is 3.